The fraction of sp³-hybridized carbons (Fsp3) is 0.286. The Labute approximate surface area is 127 Å². The monoisotopic (exact) mass is 309 g/mol. The van der Waals surface area contributed by atoms with Gasteiger partial charge in [-0.2, -0.15) is 0 Å². The van der Waals surface area contributed by atoms with E-state index in [1.165, 1.54) is 0 Å². The van der Waals surface area contributed by atoms with Crippen molar-refractivity contribution < 1.29 is 4.74 Å². The SMILES string of the molecule is Cc1nc(Cl)cc(NC2CCOc3ccc(Cl)cc32)n1. The van der Waals surface area contributed by atoms with Gasteiger partial charge in [0.15, 0.2) is 0 Å². The molecular formula is C14H13Cl2N3O. The maximum Gasteiger partial charge on any atom is 0.134 e. The largest absolute Gasteiger partial charge is 0.493 e. The van der Waals surface area contributed by atoms with Gasteiger partial charge in [-0.25, -0.2) is 9.97 Å². The molecule has 0 amide bonds. The molecule has 6 heteroatoms. The standard InChI is InChI=1S/C14H13Cl2N3O/c1-8-17-13(16)7-14(18-8)19-11-4-5-20-12-3-2-9(15)6-10(11)12/h2-3,6-7,11H,4-5H2,1H3,(H,17,18,19). The first-order valence-electron chi connectivity index (χ1n) is 6.32. The summed E-state index contributed by atoms with van der Waals surface area (Å²) in [5, 5.41) is 4.49. The molecule has 0 radical (unpaired) electrons. The molecule has 1 N–H and O–H groups in total. The highest BCUT2D eigenvalue weighted by atomic mass is 35.5. The zero-order valence-corrected chi connectivity index (χ0v) is 12.4. The third-order valence-corrected chi connectivity index (χ3v) is 3.57. The molecule has 4 nitrogen and oxygen atoms in total. The van der Waals surface area contributed by atoms with Gasteiger partial charge in [0, 0.05) is 23.1 Å². The van der Waals surface area contributed by atoms with E-state index >= 15 is 0 Å². The second-order valence-electron chi connectivity index (χ2n) is 4.64. The number of hydrogen-bond donors (Lipinski definition) is 1. The molecule has 1 aromatic carbocycles. The van der Waals surface area contributed by atoms with Gasteiger partial charge in [0.2, 0.25) is 0 Å². The Kier molecular flexibility index (Phi) is 3.68. The minimum absolute atomic E-state index is 0.0998. The smallest absolute Gasteiger partial charge is 0.134 e. The molecule has 0 aliphatic carbocycles. The number of nitrogens with zero attached hydrogens (tertiary/aromatic N) is 2. The molecule has 0 spiro atoms. The summed E-state index contributed by atoms with van der Waals surface area (Å²) in [7, 11) is 0. The van der Waals surface area contributed by atoms with Crippen molar-refractivity contribution in [2.75, 3.05) is 11.9 Å². The predicted molar refractivity (Wildman–Crippen MR) is 79.7 cm³/mol. The van der Waals surface area contributed by atoms with Crippen LogP contribution in [-0.4, -0.2) is 16.6 Å². The summed E-state index contributed by atoms with van der Waals surface area (Å²) in [5.41, 5.74) is 1.04. The second-order valence-corrected chi connectivity index (χ2v) is 5.46. The number of fused-ring (bicyclic) bond motifs is 1. The number of aromatic nitrogens is 2. The van der Waals surface area contributed by atoms with E-state index in [0.717, 1.165) is 17.7 Å². The molecule has 0 saturated heterocycles. The fourth-order valence-electron chi connectivity index (χ4n) is 2.30. The first-order valence-corrected chi connectivity index (χ1v) is 7.07. The average Bonchev–Trinajstić information content (AvgIpc) is 2.38. The first kappa shape index (κ1) is 13.5. The van der Waals surface area contributed by atoms with Gasteiger partial charge in [0.05, 0.1) is 12.6 Å². The molecule has 104 valence electrons. The summed E-state index contributed by atoms with van der Waals surface area (Å²) < 4.78 is 5.64. The number of aryl methyl sites for hydroxylation is 1. The molecule has 1 aliphatic heterocycles. The Hall–Kier alpha value is -1.52. The van der Waals surface area contributed by atoms with Gasteiger partial charge in [0.1, 0.15) is 22.5 Å². The van der Waals surface area contributed by atoms with Crippen LogP contribution in [0.5, 0.6) is 5.75 Å². The number of ether oxygens (including phenoxy) is 1. The van der Waals surface area contributed by atoms with E-state index in [2.05, 4.69) is 15.3 Å². The number of hydrogen-bond acceptors (Lipinski definition) is 4. The molecule has 1 unspecified atom stereocenters. The van der Waals surface area contributed by atoms with Gasteiger partial charge in [-0.15, -0.1) is 0 Å². The topological polar surface area (TPSA) is 47.0 Å². The van der Waals surface area contributed by atoms with Crippen LogP contribution in [0, 0.1) is 6.92 Å². The van der Waals surface area contributed by atoms with Crippen LogP contribution < -0.4 is 10.1 Å². The number of nitrogens with one attached hydrogen (secondary N) is 1. The van der Waals surface area contributed by atoms with Crippen molar-refractivity contribution in [2.24, 2.45) is 0 Å². The van der Waals surface area contributed by atoms with Crippen molar-refractivity contribution in [3.05, 3.63) is 45.8 Å². The molecule has 2 heterocycles. The van der Waals surface area contributed by atoms with E-state index in [9.17, 15) is 0 Å². The summed E-state index contributed by atoms with van der Waals surface area (Å²) in [5.74, 6) is 2.20. The molecule has 0 fully saturated rings. The lowest BCUT2D eigenvalue weighted by Crippen LogP contribution is -2.21. The summed E-state index contributed by atoms with van der Waals surface area (Å²) in [6.07, 6.45) is 0.841. The van der Waals surface area contributed by atoms with Crippen LogP contribution in [0.3, 0.4) is 0 Å². The maximum atomic E-state index is 6.07. The van der Waals surface area contributed by atoms with Crippen LogP contribution in [0.25, 0.3) is 0 Å². The lowest BCUT2D eigenvalue weighted by molar-refractivity contribution is 0.274. The molecule has 1 aliphatic rings. The van der Waals surface area contributed by atoms with E-state index in [-0.39, 0.29) is 6.04 Å². The Bertz CT molecular complexity index is 628. The second kappa shape index (κ2) is 5.46. The van der Waals surface area contributed by atoms with Gasteiger partial charge >= 0.3 is 0 Å². The molecule has 20 heavy (non-hydrogen) atoms. The van der Waals surface area contributed by atoms with Gasteiger partial charge in [-0.05, 0) is 25.1 Å². The van der Waals surface area contributed by atoms with Crippen molar-refractivity contribution in [3.8, 4) is 5.75 Å². The van der Waals surface area contributed by atoms with Gasteiger partial charge in [-0.3, -0.25) is 0 Å². The van der Waals surface area contributed by atoms with Crippen molar-refractivity contribution in [1.82, 2.24) is 9.97 Å². The predicted octanol–water partition coefficient (Wildman–Crippen LogP) is 4.03. The van der Waals surface area contributed by atoms with E-state index in [0.29, 0.717) is 28.4 Å². The quantitative estimate of drug-likeness (QED) is 0.851. The zero-order chi connectivity index (χ0) is 14.1. The normalized spacial score (nSPS) is 17.2. The van der Waals surface area contributed by atoms with Crippen molar-refractivity contribution in [1.29, 1.82) is 0 Å². The summed E-state index contributed by atoms with van der Waals surface area (Å²) in [6.45, 7) is 2.47. The number of benzene rings is 1. The molecule has 0 bridgehead atoms. The van der Waals surface area contributed by atoms with E-state index in [1.807, 2.05) is 25.1 Å². The minimum atomic E-state index is 0.0998. The number of halogens is 2. The highest BCUT2D eigenvalue weighted by Crippen LogP contribution is 2.35. The van der Waals surface area contributed by atoms with Crippen molar-refractivity contribution >= 4 is 29.0 Å². The van der Waals surface area contributed by atoms with E-state index in [4.69, 9.17) is 27.9 Å². The first-order chi connectivity index (χ1) is 9.61. The number of rotatable bonds is 2. The Morgan fingerprint density at radius 1 is 1.25 bits per heavy atom. The Morgan fingerprint density at radius 3 is 2.90 bits per heavy atom. The lowest BCUT2D eigenvalue weighted by Gasteiger charge is -2.27. The molecule has 2 aromatic rings. The molecular weight excluding hydrogens is 297 g/mol. The van der Waals surface area contributed by atoms with Crippen LogP contribution in [0.1, 0.15) is 23.9 Å². The third-order valence-electron chi connectivity index (χ3n) is 3.14. The summed E-state index contributed by atoms with van der Waals surface area (Å²) in [4.78, 5) is 8.40. The lowest BCUT2D eigenvalue weighted by atomic mass is 10.0. The average molecular weight is 310 g/mol. The van der Waals surface area contributed by atoms with E-state index < -0.39 is 0 Å². The number of anilines is 1. The molecule has 0 saturated carbocycles. The van der Waals surface area contributed by atoms with Crippen LogP contribution in [0.2, 0.25) is 10.2 Å². The van der Waals surface area contributed by atoms with Crippen molar-refractivity contribution in [2.45, 2.75) is 19.4 Å². The van der Waals surface area contributed by atoms with Crippen LogP contribution >= 0.6 is 23.2 Å². The van der Waals surface area contributed by atoms with E-state index in [1.54, 1.807) is 6.07 Å². The van der Waals surface area contributed by atoms with Crippen molar-refractivity contribution in [3.63, 3.8) is 0 Å². The van der Waals surface area contributed by atoms with Gasteiger partial charge < -0.3 is 10.1 Å². The fourth-order valence-corrected chi connectivity index (χ4v) is 2.71. The van der Waals surface area contributed by atoms with Crippen LogP contribution in [-0.2, 0) is 0 Å². The molecule has 1 atom stereocenters. The molecule has 3 rings (SSSR count). The highest BCUT2D eigenvalue weighted by molar-refractivity contribution is 6.30. The van der Waals surface area contributed by atoms with Gasteiger partial charge in [0.25, 0.3) is 0 Å². The third kappa shape index (κ3) is 2.81. The minimum Gasteiger partial charge on any atom is -0.493 e. The Balaban J connectivity index is 1.91. The maximum absolute atomic E-state index is 6.07. The van der Waals surface area contributed by atoms with Gasteiger partial charge in [-0.1, -0.05) is 23.2 Å². The zero-order valence-electron chi connectivity index (χ0n) is 10.9. The summed E-state index contributed by atoms with van der Waals surface area (Å²) in [6, 6.07) is 7.46. The summed E-state index contributed by atoms with van der Waals surface area (Å²) >= 11 is 12.0. The molecule has 1 aromatic heterocycles. The van der Waals surface area contributed by atoms with Crippen LogP contribution in [0.15, 0.2) is 24.3 Å². The van der Waals surface area contributed by atoms with Crippen LogP contribution in [0.4, 0.5) is 5.82 Å². The Morgan fingerprint density at radius 2 is 2.10 bits per heavy atom. The highest BCUT2D eigenvalue weighted by Gasteiger charge is 2.22.